The summed E-state index contributed by atoms with van der Waals surface area (Å²) in [6.07, 6.45) is 3.78. The minimum absolute atomic E-state index is 0.322. The van der Waals surface area contributed by atoms with Crippen molar-refractivity contribution in [3.8, 4) is 0 Å². The molecular weight excluding hydrogens is 254 g/mol. The average molecular weight is 278 g/mol. The highest BCUT2D eigenvalue weighted by atomic mass is 79.9. The Kier molecular flexibility index (Phi) is 6.17. The van der Waals surface area contributed by atoms with Gasteiger partial charge in [0.15, 0.2) is 0 Å². The van der Waals surface area contributed by atoms with Crippen LogP contribution in [-0.2, 0) is 0 Å². The molecule has 0 aromatic heterocycles. The maximum atomic E-state index is 9.37. The summed E-state index contributed by atoms with van der Waals surface area (Å²) in [5, 5.41) is 10.5. The Morgan fingerprint density at radius 2 is 2.27 bits per heavy atom. The Morgan fingerprint density at radius 1 is 1.53 bits per heavy atom. The maximum absolute atomic E-state index is 9.37. The molecule has 3 heteroatoms. The molecule has 0 bridgehead atoms. The first-order valence-electron chi connectivity index (χ1n) is 6.13. The second kappa shape index (κ2) is 6.87. The fourth-order valence-electron chi connectivity index (χ4n) is 2.57. The van der Waals surface area contributed by atoms with Crippen LogP contribution < -0.4 is 0 Å². The van der Waals surface area contributed by atoms with E-state index in [1.165, 1.54) is 25.8 Å². The highest BCUT2D eigenvalue weighted by Crippen LogP contribution is 2.25. The van der Waals surface area contributed by atoms with Gasteiger partial charge in [0.05, 0.1) is 6.61 Å². The zero-order chi connectivity index (χ0) is 11.3. The first-order valence-corrected chi connectivity index (χ1v) is 7.25. The van der Waals surface area contributed by atoms with Gasteiger partial charge in [0.25, 0.3) is 0 Å². The lowest BCUT2D eigenvalue weighted by molar-refractivity contribution is 0.126. The highest BCUT2D eigenvalue weighted by molar-refractivity contribution is 9.09. The van der Waals surface area contributed by atoms with E-state index in [0.717, 1.165) is 17.8 Å². The van der Waals surface area contributed by atoms with E-state index in [2.05, 4.69) is 34.7 Å². The Balaban J connectivity index is 2.42. The molecule has 1 fully saturated rings. The molecule has 2 nitrogen and oxygen atoms in total. The molecule has 0 saturated carbocycles. The van der Waals surface area contributed by atoms with Crippen LogP contribution in [0.1, 0.15) is 33.1 Å². The Hall–Kier alpha value is 0.400. The number of rotatable bonds is 6. The lowest BCUT2D eigenvalue weighted by atomic mass is 10.0. The van der Waals surface area contributed by atoms with Crippen LogP contribution in [0.5, 0.6) is 0 Å². The minimum atomic E-state index is 0.322. The number of aliphatic hydroxyl groups excluding tert-OH is 1. The van der Waals surface area contributed by atoms with Crippen LogP contribution in [0.15, 0.2) is 0 Å². The third-order valence-electron chi connectivity index (χ3n) is 3.59. The predicted molar refractivity (Wildman–Crippen MR) is 68.4 cm³/mol. The molecule has 0 aromatic rings. The summed E-state index contributed by atoms with van der Waals surface area (Å²) in [7, 11) is 0. The van der Waals surface area contributed by atoms with Gasteiger partial charge >= 0.3 is 0 Å². The molecule has 1 N–H and O–H groups in total. The molecule has 0 aliphatic carbocycles. The van der Waals surface area contributed by atoms with Crippen LogP contribution >= 0.6 is 15.9 Å². The molecule has 0 spiro atoms. The third kappa shape index (κ3) is 3.72. The molecule has 1 rings (SSSR count). The Morgan fingerprint density at radius 3 is 2.80 bits per heavy atom. The van der Waals surface area contributed by atoms with E-state index in [9.17, 15) is 5.11 Å². The van der Waals surface area contributed by atoms with E-state index in [0.29, 0.717) is 18.6 Å². The zero-order valence-electron chi connectivity index (χ0n) is 9.95. The predicted octanol–water partition coefficient (Wildman–Crippen LogP) is 2.50. The fourth-order valence-corrected chi connectivity index (χ4v) is 3.10. The molecule has 1 aliphatic rings. The van der Waals surface area contributed by atoms with Gasteiger partial charge in [-0.05, 0) is 31.2 Å². The summed E-state index contributed by atoms with van der Waals surface area (Å²) < 4.78 is 0. The van der Waals surface area contributed by atoms with Crippen molar-refractivity contribution in [1.29, 1.82) is 0 Å². The molecule has 0 aromatic carbocycles. The Bertz CT molecular complexity index is 177. The second-order valence-electron chi connectivity index (χ2n) is 4.82. The van der Waals surface area contributed by atoms with E-state index in [1.54, 1.807) is 0 Å². The van der Waals surface area contributed by atoms with Crippen molar-refractivity contribution in [3.05, 3.63) is 0 Å². The maximum Gasteiger partial charge on any atom is 0.0589 e. The molecule has 1 saturated heterocycles. The van der Waals surface area contributed by atoms with Gasteiger partial charge in [0.1, 0.15) is 0 Å². The number of nitrogens with zero attached hydrogens (tertiary/aromatic N) is 1. The lowest BCUT2D eigenvalue weighted by Crippen LogP contribution is -2.38. The van der Waals surface area contributed by atoms with E-state index >= 15 is 0 Å². The topological polar surface area (TPSA) is 23.5 Å². The molecular formula is C12H24BrNO. The summed E-state index contributed by atoms with van der Waals surface area (Å²) in [6.45, 7) is 7.13. The van der Waals surface area contributed by atoms with Gasteiger partial charge in [-0.2, -0.15) is 0 Å². The van der Waals surface area contributed by atoms with Crippen molar-refractivity contribution < 1.29 is 5.11 Å². The van der Waals surface area contributed by atoms with Crippen molar-refractivity contribution >= 4 is 15.9 Å². The molecule has 3 unspecified atom stereocenters. The van der Waals surface area contributed by atoms with Gasteiger partial charge in [-0.15, -0.1) is 0 Å². The molecule has 3 atom stereocenters. The minimum Gasteiger partial charge on any atom is -0.395 e. The smallest absolute Gasteiger partial charge is 0.0589 e. The lowest BCUT2D eigenvalue weighted by Gasteiger charge is -2.28. The third-order valence-corrected chi connectivity index (χ3v) is 4.51. The first-order chi connectivity index (χ1) is 7.22. The van der Waals surface area contributed by atoms with Gasteiger partial charge < -0.3 is 5.11 Å². The SMILES string of the molecule is CCCC(CBr)CN1CCC(C)C1CO. The van der Waals surface area contributed by atoms with Gasteiger partial charge in [-0.3, -0.25) is 4.90 Å². The van der Waals surface area contributed by atoms with E-state index < -0.39 is 0 Å². The van der Waals surface area contributed by atoms with Crippen molar-refractivity contribution in [1.82, 2.24) is 4.90 Å². The highest BCUT2D eigenvalue weighted by Gasteiger charge is 2.31. The number of hydrogen-bond acceptors (Lipinski definition) is 2. The van der Waals surface area contributed by atoms with Crippen molar-refractivity contribution in [3.63, 3.8) is 0 Å². The molecule has 0 radical (unpaired) electrons. The van der Waals surface area contributed by atoms with E-state index in [4.69, 9.17) is 0 Å². The van der Waals surface area contributed by atoms with Gasteiger partial charge in [-0.1, -0.05) is 36.2 Å². The van der Waals surface area contributed by atoms with E-state index in [1.807, 2.05) is 0 Å². The van der Waals surface area contributed by atoms with Gasteiger partial charge in [0, 0.05) is 17.9 Å². The van der Waals surface area contributed by atoms with Crippen molar-refractivity contribution in [2.24, 2.45) is 11.8 Å². The van der Waals surface area contributed by atoms with Crippen LogP contribution in [0.4, 0.5) is 0 Å². The molecule has 1 heterocycles. The number of hydrogen-bond donors (Lipinski definition) is 1. The van der Waals surface area contributed by atoms with Gasteiger partial charge in [0.2, 0.25) is 0 Å². The monoisotopic (exact) mass is 277 g/mol. The summed E-state index contributed by atoms with van der Waals surface area (Å²) in [5.74, 6) is 1.40. The molecule has 15 heavy (non-hydrogen) atoms. The second-order valence-corrected chi connectivity index (χ2v) is 5.47. The first kappa shape index (κ1) is 13.5. The number of halogens is 1. The van der Waals surface area contributed by atoms with Crippen molar-refractivity contribution in [2.75, 3.05) is 25.0 Å². The normalized spacial score (nSPS) is 29.6. The number of aliphatic hydroxyl groups is 1. The molecule has 0 amide bonds. The average Bonchev–Trinajstić information content (AvgIpc) is 2.58. The summed E-state index contributed by atoms with van der Waals surface area (Å²) in [4.78, 5) is 2.48. The largest absolute Gasteiger partial charge is 0.395 e. The van der Waals surface area contributed by atoms with Crippen LogP contribution in [0.2, 0.25) is 0 Å². The molecule has 90 valence electrons. The number of alkyl halides is 1. The van der Waals surface area contributed by atoms with Crippen molar-refractivity contribution in [2.45, 2.75) is 39.2 Å². The van der Waals surface area contributed by atoms with Gasteiger partial charge in [-0.25, -0.2) is 0 Å². The van der Waals surface area contributed by atoms with Crippen LogP contribution in [0.25, 0.3) is 0 Å². The number of likely N-dealkylation sites (tertiary alicyclic amines) is 1. The zero-order valence-corrected chi connectivity index (χ0v) is 11.5. The quantitative estimate of drug-likeness (QED) is 0.755. The summed E-state index contributed by atoms with van der Waals surface area (Å²) in [5.41, 5.74) is 0. The Labute approximate surface area is 102 Å². The molecule has 1 aliphatic heterocycles. The summed E-state index contributed by atoms with van der Waals surface area (Å²) >= 11 is 3.59. The van der Waals surface area contributed by atoms with E-state index in [-0.39, 0.29) is 0 Å². The fraction of sp³-hybridized carbons (Fsp3) is 1.00. The standard InChI is InChI=1S/C12H24BrNO/c1-3-4-11(7-13)8-14-6-5-10(2)12(14)9-15/h10-12,15H,3-9H2,1-2H3. The van der Waals surface area contributed by atoms with Crippen LogP contribution in [0.3, 0.4) is 0 Å². The van der Waals surface area contributed by atoms with Crippen LogP contribution in [-0.4, -0.2) is 41.1 Å². The summed E-state index contributed by atoms with van der Waals surface area (Å²) in [6, 6.07) is 0.406. The van der Waals surface area contributed by atoms with Crippen LogP contribution in [0, 0.1) is 11.8 Å².